The van der Waals surface area contributed by atoms with Gasteiger partial charge in [-0.05, 0) is 46.6 Å². The number of aliphatic hydroxyl groups is 1. The molecule has 1 aliphatic rings. The molecular formula is C15H27N3O2. The van der Waals surface area contributed by atoms with E-state index in [1.54, 1.807) is 11.8 Å². The average molecular weight is 281 g/mol. The second kappa shape index (κ2) is 8.23. The first-order valence-corrected chi connectivity index (χ1v) is 7.57. The summed E-state index contributed by atoms with van der Waals surface area (Å²) in [7, 11) is 0. The van der Waals surface area contributed by atoms with Crippen molar-refractivity contribution in [3.8, 4) is 6.07 Å². The third-order valence-corrected chi connectivity index (χ3v) is 3.90. The number of rotatable bonds is 7. The molecule has 0 aromatic heterocycles. The van der Waals surface area contributed by atoms with E-state index < -0.39 is 0 Å². The van der Waals surface area contributed by atoms with E-state index in [0.717, 1.165) is 25.8 Å². The van der Waals surface area contributed by atoms with Crippen LogP contribution in [0.4, 0.5) is 0 Å². The Morgan fingerprint density at radius 2 is 2.25 bits per heavy atom. The largest absolute Gasteiger partial charge is 0.393 e. The lowest BCUT2D eigenvalue weighted by atomic mass is 10.1. The summed E-state index contributed by atoms with van der Waals surface area (Å²) in [5.74, 6) is -0.0437. The van der Waals surface area contributed by atoms with Crippen LogP contribution < -0.4 is 0 Å². The molecular weight excluding hydrogens is 254 g/mol. The van der Waals surface area contributed by atoms with Crippen molar-refractivity contribution in [2.45, 2.75) is 52.2 Å². The standard InChI is InChI=1S/C15H27N3O2/c1-4-17(10-12(2)9-16)15(20)11-18-7-5-6-14(18)8-13(3)19/h12-14,19H,4-8,10-11H2,1-3H3. The van der Waals surface area contributed by atoms with Gasteiger partial charge >= 0.3 is 0 Å². The molecule has 114 valence electrons. The van der Waals surface area contributed by atoms with Crippen molar-refractivity contribution in [2.24, 2.45) is 5.92 Å². The average Bonchev–Trinajstić information content (AvgIpc) is 2.81. The molecule has 1 fully saturated rings. The number of hydrogen-bond acceptors (Lipinski definition) is 4. The molecule has 0 radical (unpaired) electrons. The number of likely N-dealkylation sites (tertiary alicyclic amines) is 1. The molecule has 0 aromatic rings. The third kappa shape index (κ3) is 5.10. The molecule has 1 amide bonds. The van der Waals surface area contributed by atoms with Crippen LogP contribution in [-0.4, -0.2) is 59.1 Å². The zero-order valence-corrected chi connectivity index (χ0v) is 12.9. The lowest BCUT2D eigenvalue weighted by Gasteiger charge is -2.29. The SMILES string of the molecule is CCN(CC(C)C#N)C(=O)CN1CCCC1CC(C)O. The molecule has 5 nitrogen and oxygen atoms in total. The van der Waals surface area contributed by atoms with E-state index in [2.05, 4.69) is 11.0 Å². The Labute approximate surface area is 122 Å². The summed E-state index contributed by atoms with van der Waals surface area (Å²) in [6, 6.07) is 2.48. The molecule has 20 heavy (non-hydrogen) atoms. The van der Waals surface area contributed by atoms with Crippen LogP contribution in [0, 0.1) is 17.2 Å². The quantitative estimate of drug-likeness (QED) is 0.762. The van der Waals surface area contributed by atoms with E-state index in [4.69, 9.17) is 5.26 Å². The number of nitriles is 1. The molecule has 1 rings (SSSR count). The zero-order chi connectivity index (χ0) is 15.1. The van der Waals surface area contributed by atoms with Gasteiger partial charge in [0, 0.05) is 19.1 Å². The van der Waals surface area contributed by atoms with E-state index in [1.165, 1.54) is 0 Å². The maximum absolute atomic E-state index is 12.3. The summed E-state index contributed by atoms with van der Waals surface area (Å²) in [6.45, 7) is 8.05. The molecule has 1 heterocycles. The smallest absolute Gasteiger partial charge is 0.236 e. The molecule has 0 spiro atoms. The van der Waals surface area contributed by atoms with E-state index >= 15 is 0 Å². The summed E-state index contributed by atoms with van der Waals surface area (Å²) >= 11 is 0. The van der Waals surface area contributed by atoms with Crippen molar-refractivity contribution in [3.05, 3.63) is 0 Å². The zero-order valence-electron chi connectivity index (χ0n) is 12.9. The Hall–Kier alpha value is -1.12. The number of carbonyl (C=O) groups excluding carboxylic acids is 1. The van der Waals surface area contributed by atoms with Crippen molar-refractivity contribution < 1.29 is 9.90 Å². The van der Waals surface area contributed by atoms with Gasteiger partial charge in [0.15, 0.2) is 0 Å². The normalized spacial score (nSPS) is 22.2. The van der Waals surface area contributed by atoms with Crippen molar-refractivity contribution in [2.75, 3.05) is 26.2 Å². The van der Waals surface area contributed by atoms with Gasteiger partial charge in [0.2, 0.25) is 5.91 Å². The molecule has 1 N–H and O–H groups in total. The minimum atomic E-state index is -0.323. The molecule has 1 saturated heterocycles. The molecule has 0 aromatic carbocycles. The van der Waals surface area contributed by atoms with Gasteiger partial charge in [-0.15, -0.1) is 0 Å². The van der Waals surface area contributed by atoms with Gasteiger partial charge in [-0.1, -0.05) is 0 Å². The first-order valence-electron chi connectivity index (χ1n) is 7.57. The Bertz CT molecular complexity index is 352. The monoisotopic (exact) mass is 281 g/mol. The van der Waals surface area contributed by atoms with Crippen LogP contribution in [0.5, 0.6) is 0 Å². The predicted molar refractivity (Wildman–Crippen MR) is 77.9 cm³/mol. The van der Waals surface area contributed by atoms with E-state index in [1.807, 2.05) is 13.8 Å². The maximum atomic E-state index is 12.3. The minimum absolute atomic E-state index is 0.0899. The van der Waals surface area contributed by atoms with Crippen LogP contribution in [0.15, 0.2) is 0 Å². The van der Waals surface area contributed by atoms with Gasteiger partial charge in [0.05, 0.1) is 24.6 Å². The minimum Gasteiger partial charge on any atom is -0.393 e. The van der Waals surface area contributed by atoms with Gasteiger partial charge in [-0.2, -0.15) is 5.26 Å². The van der Waals surface area contributed by atoms with Crippen molar-refractivity contribution >= 4 is 5.91 Å². The predicted octanol–water partition coefficient (Wildman–Crippen LogP) is 1.23. The number of hydrogen-bond donors (Lipinski definition) is 1. The Kier molecular flexibility index (Phi) is 6.97. The summed E-state index contributed by atoms with van der Waals surface area (Å²) < 4.78 is 0. The Morgan fingerprint density at radius 3 is 2.80 bits per heavy atom. The van der Waals surface area contributed by atoms with E-state index in [0.29, 0.717) is 25.7 Å². The number of likely N-dealkylation sites (N-methyl/N-ethyl adjacent to an activating group) is 1. The molecule has 3 atom stereocenters. The number of aliphatic hydroxyl groups excluding tert-OH is 1. The fourth-order valence-corrected chi connectivity index (χ4v) is 2.82. The van der Waals surface area contributed by atoms with Crippen LogP contribution >= 0.6 is 0 Å². The molecule has 0 bridgehead atoms. The van der Waals surface area contributed by atoms with Gasteiger partial charge in [-0.3, -0.25) is 9.69 Å². The summed E-state index contributed by atoms with van der Waals surface area (Å²) in [5, 5.41) is 18.4. The topological polar surface area (TPSA) is 67.6 Å². The third-order valence-electron chi connectivity index (χ3n) is 3.90. The van der Waals surface area contributed by atoms with Crippen molar-refractivity contribution in [1.82, 2.24) is 9.80 Å². The Balaban J connectivity index is 2.52. The fraction of sp³-hybridized carbons (Fsp3) is 0.867. The second-order valence-corrected chi connectivity index (χ2v) is 5.81. The molecule has 1 aliphatic heterocycles. The summed E-state index contributed by atoms with van der Waals surface area (Å²) in [5.41, 5.74) is 0. The molecule has 5 heteroatoms. The van der Waals surface area contributed by atoms with Crippen LogP contribution in [0.25, 0.3) is 0 Å². The van der Waals surface area contributed by atoms with E-state index in [-0.39, 0.29) is 17.9 Å². The van der Waals surface area contributed by atoms with Gasteiger partial charge in [0.25, 0.3) is 0 Å². The van der Waals surface area contributed by atoms with Crippen molar-refractivity contribution in [1.29, 1.82) is 5.26 Å². The number of carbonyl (C=O) groups is 1. The number of nitrogens with zero attached hydrogens (tertiary/aromatic N) is 3. The van der Waals surface area contributed by atoms with Gasteiger partial charge < -0.3 is 10.0 Å². The highest BCUT2D eigenvalue weighted by Gasteiger charge is 2.28. The van der Waals surface area contributed by atoms with Gasteiger partial charge in [0.1, 0.15) is 0 Å². The highest BCUT2D eigenvalue weighted by atomic mass is 16.3. The van der Waals surface area contributed by atoms with E-state index in [9.17, 15) is 9.90 Å². The first kappa shape index (κ1) is 16.9. The lowest BCUT2D eigenvalue weighted by molar-refractivity contribution is -0.133. The van der Waals surface area contributed by atoms with Crippen LogP contribution in [0.3, 0.4) is 0 Å². The first-order chi connectivity index (χ1) is 9.47. The highest BCUT2D eigenvalue weighted by Crippen LogP contribution is 2.21. The maximum Gasteiger partial charge on any atom is 0.236 e. The van der Waals surface area contributed by atoms with Gasteiger partial charge in [-0.25, -0.2) is 0 Å². The van der Waals surface area contributed by atoms with Crippen LogP contribution in [0.2, 0.25) is 0 Å². The van der Waals surface area contributed by atoms with Crippen LogP contribution in [0.1, 0.15) is 40.0 Å². The fourth-order valence-electron chi connectivity index (χ4n) is 2.82. The highest BCUT2D eigenvalue weighted by molar-refractivity contribution is 5.78. The lowest BCUT2D eigenvalue weighted by Crippen LogP contribution is -2.44. The number of amides is 1. The summed E-state index contributed by atoms with van der Waals surface area (Å²) in [6.07, 6.45) is 2.55. The van der Waals surface area contributed by atoms with Crippen molar-refractivity contribution in [3.63, 3.8) is 0 Å². The Morgan fingerprint density at radius 1 is 1.55 bits per heavy atom. The molecule has 0 saturated carbocycles. The second-order valence-electron chi connectivity index (χ2n) is 5.81. The molecule has 0 aliphatic carbocycles. The van der Waals surface area contributed by atoms with Crippen LogP contribution in [-0.2, 0) is 4.79 Å². The molecule has 3 unspecified atom stereocenters. The summed E-state index contributed by atoms with van der Waals surface area (Å²) in [4.78, 5) is 16.3.